The lowest BCUT2D eigenvalue weighted by Crippen LogP contribution is -2.16. The number of thioether (sulfide) groups is 1. The predicted molar refractivity (Wildman–Crippen MR) is 82.9 cm³/mol. The molecule has 0 N–H and O–H groups in total. The van der Waals surface area contributed by atoms with Crippen molar-refractivity contribution in [1.29, 1.82) is 0 Å². The van der Waals surface area contributed by atoms with Crippen LogP contribution in [0.4, 0.5) is 0 Å². The summed E-state index contributed by atoms with van der Waals surface area (Å²) >= 11 is 1.85. The lowest BCUT2D eigenvalue weighted by atomic mass is 9.92. The fourth-order valence-electron chi connectivity index (χ4n) is 1.69. The molecule has 0 saturated carbocycles. The topological polar surface area (TPSA) is 17.8 Å². The monoisotopic (exact) mass is 266 g/mol. The van der Waals surface area contributed by atoms with Crippen molar-refractivity contribution in [3.05, 3.63) is 22.9 Å². The van der Waals surface area contributed by atoms with E-state index in [0.717, 1.165) is 11.4 Å². The van der Waals surface area contributed by atoms with Gasteiger partial charge in [0.25, 0.3) is 0 Å². The molecule has 0 amide bonds. The summed E-state index contributed by atoms with van der Waals surface area (Å²) in [7, 11) is 2.01. The Morgan fingerprint density at radius 3 is 2.28 bits per heavy atom. The molecule has 0 spiro atoms. The van der Waals surface area contributed by atoms with Crippen LogP contribution in [-0.2, 0) is 12.5 Å². The van der Waals surface area contributed by atoms with Gasteiger partial charge in [-0.15, -0.1) is 11.8 Å². The van der Waals surface area contributed by atoms with Crippen molar-refractivity contribution in [3.8, 4) is 0 Å². The van der Waals surface area contributed by atoms with E-state index in [1.54, 1.807) is 0 Å². The minimum absolute atomic E-state index is 0.145. The molecule has 0 atom stereocenters. The molecule has 0 aliphatic rings. The van der Waals surface area contributed by atoms with Gasteiger partial charge in [-0.3, -0.25) is 4.68 Å². The standard InChI is InChI=1S/C15H26N2S/c1-14(2,3)11-18-9-8-12-10-13(15(4,5)6)17(7)16-12/h8-10H,11H2,1-7H3/b9-8+. The van der Waals surface area contributed by atoms with Crippen molar-refractivity contribution in [2.24, 2.45) is 12.5 Å². The molecule has 2 nitrogen and oxygen atoms in total. The highest BCUT2D eigenvalue weighted by Crippen LogP contribution is 2.24. The summed E-state index contributed by atoms with van der Waals surface area (Å²) in [5.74, 6) is 1.13. The number of nitrogens with zero attached hydrogens (tertiary/aromatic N) is 2. The smallest absolute Gasteiger partial charge is 0.0859 e. The van der Waals surface area contributed by atoms with E-state index < -0.39 is 0 Å². The van der Waals surface area contributed by atoms with Gasteiger partial charge in [-0.1, -0.05) is 41.5 Å². The van der Waals surface area contributed by atoms with Crippen molar-refractivity contribution >= 4 is 17.8 Å². The fourth-order valence-corrected chi connectivity index (χ4v) is 2.52. The number of aryl methyl sites for hydroxylation is 1. The summed E-state index contributed by atoms with van der Waals surface area (Å²) in [5, 5.41) is 6.68. The normalized spacial score (nSPS) is 13.5. The van der Waals surface area contributed by atoms with Crippen molar-refractivity contribution in [3.63, 3.8) is 0 Å². The maximum absolute atomic E-state index is 4.53. The molecule has 0 aromatic carbocycles. The highest BCUT2D eigenvalue weighted by molar-refractivity contribution is 8.02. The number of rotatable bonds is 3. The summed E-state index contributed by atoms with van der Waals surface area (Å²) in [6.07, 6.45) is 2.10. The van der Waals surface area contributed by atoms with Gasteiger partial charge in [-0.25, -0.2) is 0 Å². The van der Waals surface area contributed by atoms with E-state index in [1.165, 1.54) is 5.69 Å². The Labute approximate surface area is 116 Å². The van der Waals surface area contributed by atoms with Crippen LogP contribution in [0.1, 0.15) is 52.9 Å². The van der Waals surface area contributed by atoms with Gasteiger partial charge in [-0.2, -0.15) is 5.10 Å². The molecular weight excluding hydrogens is 240 g/mol. The third kappa shape index (κ3) is 4.89. The predicted octanol–water partition coefficient (Wildman–Crippen LogP) is 4.47. The Hall–Kier alpha value is -0.700. The second kappa shape index (κ2) is 5.52. The van der Waals surface area contributed by atoms with Crippen molar-refractivity contribution in [2.75, 3.05) is 5.75 Å². The van der Waals surface area contributed by atoms with Crippen LogP contribution in [0.3, 0.4) is 0 Å². The highest BCUT2D eigenvalue weighted by Gasteiger charge is 2.18. The van der Waals surface area contributed by atoms with Crippen LogP contribution in [0.5, 0.6) is 0 Å². The average Bonchev–Trinajstić information content (AvgIpc) is 2.52. The van der Waals surface area contributed by atoms with Gasteiger partial charge in [0.15, 0.2) is 0 Å². The van der Waals surface area contributed by atoms with Gasteiger partial charge in [0.05, 0.1) is 5.69 Å². The molecule has 3 heteroatoms. The summed E-state index contributed by atoms with van der Waals surface area (Å²) in [6, 6.07) is 2.17. The molecule has 0 aliphatic carbocycles. The number of hydrogen-bond acceptors (Lipinski definition) is 2. The van der Waals surface area contributed by atoms with Crippen molar-refractivity contribution in [2.45, 2.75) is 47.0 Å². The average molecular weight is 266 g/mol. The van der Waals surface area contributed by atoms with E-state index in [9.17, 15) is 0 Å². The molecule has 0 aliphatic heterocycles. The third-order valence-electron chi connectivity index (χ3n) is 2.52. The van der Waals surface area contributed by atoms with Crippen LogP contribution in [0.15, 0.2) is 11.5 Å². The lowest BCUT2D eigenvalue weighted by molar-refractivity contribution is 0.481. The zero-order valence-corrected chi connectivity index (χ0v) is 13.6. The largest absolute Gasteiger partial charge is 0.272 e. The molecule has 0 saturated heterocycles. The van der Waals surface area contributed by atoms with E-state index in [0.29, 0.717) is 5.41 Å². The van der Waals surface area contributed by atoms with Crippen LogP contribution in [-0.4, -0.2) is 15.5 Å². The van der Waals surface area contributed by atoms with Crippen molar-refractivity contribution in [1.82, 2.24) is 9.78 Å². The van der Waals surface area contributed by atoms with E-state index in [-0.39, 0.29) is 5.41 Å². The Kier molecular flexibility index (Phi) is 4.71. The first-order valence-corrected chi connectivity index (χ1v) is 7.47. The first kappa shape index (κ1) is 15.4. The molecule has 0 unspecified atom stereocenters. The fraction of sp³-hybridized carbons (Fsp3) is 0.667. The van der Waals surface area contributed by atoms with Gasteiger partial charge >= 0.3 is 0 Å². The van der Waals surface area contributed by atoms with Gasteiger partial charge < -0.3 is 0 Å². The number of hydrogen-bond donors (Lipinski definition) is 0. The Balaban J connectivity index is 2.67. The summed E-state index contributed by atoms with van der Waals surface area (Å²) in [4.78, 5) is 0. The third-order valence-corrected chi connectivity index (χ3v) is 3.88. The highest BCUT2D eigenvalue weighted by atomic mass is 32.2. The van der Waals surface area contributed by atoms with E-state index in [1.807, 2.05) is 23.5 Å². The van der Waals surface area contributed by atoms with E-state index in [4.69, 9.17) is 0 Å². The SMILES string of the molecule is Cn1nc(/C=C/SCC(C)(C)C)cc1C(C)(C)C. The maximum Gasteiger partial charge on any atom is 0.0859 e. The first-order chi connectivity index (χ1) is 8.09. The molecular formula is C15H26N2S. The molecule has 1 aromatic rings. The van der Waals surface area contributed by atoms with Crippen LogP contribution < -0.4 is 0 Å². The summed E-state index contributed by atoms with van der Waals surface area (Å²) in [6.45, 7) is 13.4. The van der Waals surface area contributed by atoms with Gasteiger partial charge in [0, 0.05) is 23.9 Å². The first-order valence-electron chi connectivity index (χ1n) is 6.42. The summed E-state index contributed by atoms with van der Waals surface area (Å²) < 4.78 is 1.98. The minimum Gasteiger partial charge on any atom is -0.272 e. The minimum atomic E-state index is 0.145. The molecule has 1 aromatic heterocycles. The van der Waals surface area contributed by atoms with Crippen molar-refractivity contribution < 1.29 is 0 Å². The molecule has 0 radical (unpaired) electrons. The number of aromatic nitrogens is 2. The molecule has 1 heterocycles. The zero-order valence-electron chi connectivity index (χ0n) is 12.7. The molecule has 1 rings (SSSR count). The Morgan fingerprint density at radius 2 is 1.83 bits per heavy atom. The Bertz CT molecular complexity index is 417. The van der Waals surface area contributed by atoms with Gasteiger partial charge in [0.1, 0.15) is 0 Å². The van der Waals surface area contributed by atoms with E-state index >= 15 is 0 Å². The second-order valence-electron chi connectivity index (χ2n) is 7.00. The van der Waals surface area contributed by atoms with Crippen LogP contribution >= 0.6 is 11.8 Å². The maximum atomic E-state index is 4.53. The molecule has 0 fully saturated rings. The zero-order chi connectivity index (χ0) is 14.0. The second-order valence-corrected chi connectivity index (χ2v) is 7.90. The quantitative estimate of drug-likeness (QED) is 0.803. The molecule has 102 valence electrons. The van der Waals surface area contributed by atoms with Crippen LogP contribution in [0, 0.1) is 5.41 Å². The molecule has 0 bridgehead atoms. The van der Waals surface area contributed by atoms with E-state index in [2.05, 4.69) is 64.2 Å². The lowest BCUT2D eigenvalue weighted by Gasteiger charge is -2.17. The van der Waals surface area contributed by atoms with Gasteiger partial charge in [0.2, 0.25) is 0 Å². The summed E-state index contributed by atoms with van der Waals surface area (Å²) in [5.41, 5.74) is 2.83. The Morgan fingerprint density at radius 1 is 1.22 bits per heavy atom. The van der Waals surface area contributed by atoms with Gasteiger partial charge in [-0.05, 0) is 23.0 Å². The van der Waals surface area contributed by atoms with Crippen LogP contribution in [0.25, 0.3) is 6.08 Å². The molecule has 18 heavy (non-hydrogen) atoms. The van der Waals surface area contributed by atoms with Crippen LogP contribution in [0.2, 0.25) is 0 Å².